The third-order valence-electron chi connectivity index (χ3n) is 3.33. The van der Waals surface area contributed by atoms with E-state index >= 15 is 0 Å². The number of benzene rings is 1. The van der Waals surface area contributed by atoms with Gasteiger partial charge in [-0.25, -0.2) is 0 Å². The van der Waals surface area contributed by atoms with Crippen LogP contribution in [0.4, 0.5) is 0 Å². The fourth-order valence-electron chi connectivity index (χ4n) is 2.24. The van der Waals surface area contributed by atoms with E-state index in [2.05, 4.69) is 44.3 Å². The van der Waals surface area contributed by atoms with Gasteiger partial charge >= 0.3 is 0 Å². The van der Waals surface area contributed by atoms with Crippen molar-refractivity contribution in [3.8, 4) is 5.75 Å². The molecule has 2 heteroatoms. The van der Waals surface area contributed by atoms with Gasteiger partial charge in [0, 0.05) is 0 Å². The highest BCUT2D eigenvalue weighted by molar-refractivity contribution is 5.36. The molecule has 1 aromatic carbocycles. The van der Waals surface area contributed by atoms with E-state index in [0.717, 1.165) is 24.8 Å². The van der Waals surface area contributed by atoms with E-state index in [0.29, 0.717) is 0 Å². The first-order valence-electron chi connectivity index (χ1n) is 7.47. The molecule has 0 unspecified atom stereocenters. The molecular weight excluding hydrogens is 234 g/mol. The number of hydrogen-bond acceptors (Lipinski definition) is 2. The molecule has 0 aliphatic heterocycles. The zero-order valence-electron chi connectivity index (χ0n) is 13.0. The molecule has 0 heterocycles. The summed E-state index contributed by atoms with van der Waals surface area (Å²) in [5.41, 5.74) is 2.66. The monoisotopic (exact) mass is 263 g/mol. The van der Waals surface area contributed by atoms with Crippen LogP contribution in [0.3, 0.4) is 0 Å². The van der Waals surface area contributed by atoms with Crippen molar-refractivity contribution in [2.75, 3.05) is 20.2 Å². The normalized spacial score (nSPS) is 11.0. The maximum absolute atomic E-state index is 5.28. The molecule has 0 bridgehead atoms. The number of nitrogens with one attached hydrogen (secondary N) is 1. The Hall–Kier alpha value is -1.02. The Labute approximate surface area is 118 Å². The van der Waals surface area contributed by atoms with E-state index in [4.69, 9.17) is 4.74 Å². The van der Waals surface area contributed by atoms with Crippen LogP contribution in [0.15, 0.2) is 18.2 Å². The van der Waals surface area contributed by atoms with Gasteiger partial charge in [0.1, 0.15) is 5.75 Å². The number of rotatable bonds is 9. The van der Waals surface area contributed by atoms with E-state index < -0.39 is 0 Å². The summed E-state index contributed by atoms with van der Waals surface area (Å²) in [7, 11) is 1.73. The van der Waals surface area contributed by atoms with E-state index in [-0.39, 0.29) is 0 Å². The molecule has 0 radical (unpaired) electrons. The Morgan fingerprint density at radius 2 is 1.95 bits per heavy atom. The molecule has 0 aliphatic carbocycles. The average Bonchev–Trinajstić information content (AvgIpc) is 2.37. The van der Waals surface area contributed by atoms with Crippen molar-refractivity contribution >= 4 is 0 Å². The molecule has 0 saturated heterocycles. The van der Waals surface area contributed by atoms with Gasteiger partial charge in [-0.05, 0) is 62.4 Å². The van der Waals surface area contributed by atoms with Crippen LogP contribution in [-0.4, -0.2) is 20.2 Å². The molecule has 2 nitrogen and oxygen atoms in total. The van der Waals surface area contributed by atoms with Gasteiger partial charge in [0.25, 0.3) is 0 Å². The maximum Gasteiger partial charge on any atom is 0.121 e. The van der Waals surface area contributed by atoms with Gasteiger partial charge < -0.3 is 10.1 Å². The summed E-state index contributed by atoms with van der Waals surface area (Å²) < 4.78 is 5.28. The van der Waals surface area contributed by atoms with Crippen LogP contribution in [0.2, 0.25) is 0 Å². The molecule has 0 amide bonds. The highest BCUT2D eigenvalue weighted by Gasteiger charge is 2.00. The Morgan fingerprint density at radius 1 is 1.16 bits per heavy atom. The smallest absolute Gasteiger partial charge is 0.121 e. The van der Waals surface area contributed by atoms with Crippen LogP contribution in [0.5, 0.6) is 5.75 Å². The average molecular weight is 263 g/mol. The lowest BCUT2D eigenvalue weighted by molar-refractivity contribution is 0.411. The van der Waals surface area contributed by atoms with Crippen molar-refractivity contribution < 1.29 is 4.74 Å². The first-order chi connectivity index (χ1) is 9.13. The molecule has 0 spiro atoms. The minimum atomic E-state index is 0.752. The fraction of sp³-hybridized carbons (Fsp3) is 0.647. The summed E-state index contributed by atoms with van der Waals surface area (Å²) in [6.45, 7) is 8.90. The number of aryl methyl sites for hydroxylation is 2. The Kier molecular flexibility index (Phi) is 7.57. The van der Waals surface area contributed by atoms with E-state index in [1.54, 1.807) is 7.11 Å². The molecule has 19 heavy (non-hydrogen) atoms. The minimum absolute atomic E-state index is 0.752. The zero-order chi connectivity index (χ0) is 14.1. The van der Waals surface area contributed by atoms with Crippen LogP contribution >= 0.6 is 0 Å². The molecule has 108 valence electrons. The third kappa shape index (κ3) is 6.63. The second kappa shape index (κ2) is 8.98. The minimum Gasteiger partial charge on any atom is -0.496 e. The standard InChI is InChI=1S/C17H29NO/c1-14(2)13-18-11-7-5-6-8-16-9-10-17(19-4)15(3)12-16/h9-10,12,14,18H,5-8,11,13H2,1-4H3. The van der Waals surface area contributed by atoms with E-state index in [9.17, 15) is 0 Å². The van der Waals surface area contributed by atoms with Crippen molar-refractivity contribution in [1.82, 2.24) is 5.32 Å². The van der Waals surface area contributed by atoms with Gasteiger partial charge in [-0.15, -0.1) is 0 Å². The van der Waals surface area contributed by atoms with Crippen LogP contribution in [0.1, 0.15) is 44.2 Å². The molecule has 1 rings (SSSR count). The topological polar surface area (TPSA) is 21.3 Å². The lowest BCUT2D eigenvalue weighted by atomic mass is 10.0. The quantitative estimate of drug-likeness (QED) is 0.681. The summed E-state index contributed by atoms with van der Waals surface area (Å²) in [6, 6.07) is 6.51. The predicted octanol–water partition coefficient (Wildman–Crippen LogP) is 3.96. The predicted molar refractivity (Wildman–Crippen MR) is 83.0 cm³/mol. The van der Waals surface area contributed by atoms with Gasteiger partial charge in [0.05, 0.1) is 7.11 Å². The molecule has 0 saturated carbocycles. The number of unbranched alkanes of at least 4 members (excludes halogenated alkanes) is 2. The van der Waals surface area contributed by atoms with Gasteiger partial charge in [0.2, 0.25) is 0 Å². The second-order valence-electron chi connectivity index (χ2n) is 5.71. The summed E-state index contributed by atoms with van der Waals surface area (Å²) in [4.78, 5) is 0. The third-order valence-corrected chi connectivity index (χ3v) is 3.33. The Bertz CT molecular complexity index is 360. The number of methoxy groups -OCH3 is 1. The summed E-state index contributed by atoms with van der Waals surface area (Å²) in [6.07, 6.45) is 5.03. The SMILES string of the molecule is COc1ccc(CCCCCNCC(C)C)cc1C. The first-order valence-corrected chi connectivity index (χ1v) is 7.47. The van der Waals surface area contributed by atoms with Crippen LogP contribution in [0.25, 0.3) is 0 Å². The van der Waals surface area contributed by atoms with Crippen LogP contribution in [-0.2, 0) is 6.42 Å². The molecular formula is C17H29NO. The number of hydrogen-bond donors (Lipinski definition) is 1. The molecule has 1 N–H and O–H groups in total. The van der Waals surface area contributed by atoms with Crippen molar-refractivity contribution in [3.63, 3.8) is 0 Å². The second-order valence-corrected chi connectivity index (χ2v) is 5.71. The first kappa shape index (κ1) is 16.0. The van der Waals surface area contributed by atoms with Crippen molar-refractivity contribution in [1.29, 1.82) is 0 Å². The molecule has 0 aromatic heterocycles. The molecule has 0 atom stereocenters. The van der Waals surface area contributed by atoms with Gasteiger partial charge in [0.15, 0.2) is 0 Å². The largest absolute Gasteiger partial charge is 0.496 e. The molecule has 1 aromatic rings. The van der Waals surface area contributed by atoms with Gasteiger partial charge in [-0.2, -0.15) is 0 Å². The Balaban J connectivity index is 2.14. The van der Waals surface area contributed by atoms with E-state index in [1.807, 2.05) is 0 Å². The molecule has 0 aliphatic rings. The maximum atomic E-state index is 5.28. The van der Waals surface area contributed by atoms with Crippen LogP contribution < -0.4 is 10.1 Å². The highest BCUT2D eigenvalue weighted by Crippen LogP contribution is 2.19. The Morgan fingerprint density at radius 3 is 2.58 bits per heavy atom. The number of ether oxygens (including phenoxy) is 1. The van der Waals surface area contributed by atoms with Crippen molar-refractivity contribution in [3.05, 3.63) is 29.3 Å². The molecule has 0 fully saturated rings. The summed E-state index contributed by atoms with van der Waals surface area (Å²) in [5, 5.41) is 3.49. The van der Waals surface area contributed by atoms with Crippen molar-refractivity contribution in [2.24, 2.45) is 5.92 Å². The van der Waals surface area contributed by atoms with Gasteiger partial charge in [-0.3, -0.25) is 0 Å². The summed E-state index contributed by atoms with van der Waals surface area (Å²) in [5.74, 6) is 1.74. The van der Waals surface area contributed by atoms with Gasteiger partial charge in [-0.1, -0.05) is 32.4 Å². The summed E-state index contributed by atoms with van der Waals surface area (Å²) >= 11 is 0. The fourth-order valence-corrected chi connectivity index (χ4v) is 2.24. The highest BCUT2D eigenvalue weighted by atomic mass is 16.5. The zero-order valence-corrected chi connectivity index (χ0v) is 13.0. The van der Waals surface area contributed by atoms with E-state index in [1.165, 1.54) is 36.8 Å². The van der Waals surface area contributed by atoms with Crippen LogP contribution in [0, 0.1) is 12.8 Å². The lowest BCUT2D eigenvalue weighted by Crippen LogP contribution is -2.20. The lowest BCUT2D eigenvalue weighted by Gasteiger charge is -2.08. The van der Waals surface area contributed by atoms with Crippen molar-refractivity contribution in [2.45, 2.75) is 46.5 Å².